The normalized spacial score (nSPS) is 14.7. The molecule has 0 aromatic carbocycles. The predicted molar refractivity (Wildman–Crippen MR) is 43.3 cm³/mol. The summed E-state index contributed by atoms with van der Waals surface area (Å²) in [5.41, 5.74) is 0. The molecule has 0 spiro atoms. The highest BCUT2D eigenvalue weighted by Gasteiger charge is 2.42. The molecular weight excluding hydrogens is 258 g/mol. The summed E-state index contributed by atoms with van der Waals surface area (Å²) >= 11 is 0. The van der Waals surface area contributed by atoms with Crippen LogP contribution in [0.25, 0.3) is 0 Å². The lowest BCUT2D eigenvalue weighted by molar-refractivity contribution is -0.225. The number of alkyl halides is 6. The summed E-state index contributed by atoms with van der Waals surface area (Å²) in [5, 5.41) is 8.17. The highest BCUT2D eigenvalue weighted by Crippen LogP contribution is 2.26. The maximum absolute atomic E-state index is 12.1. The molecular formula is C8H10F6O3. The van der Waals surface area contributed by atoms with E-state index in [9.17, 15) is 31.1 Å². The zero-order chi connectivity index (χ0) is 13.7. The van der Waals surface area contributed by atoms with Crippen molar-refractivity contribution in [3.63, 3.8) is 0 Å². The minimum atomic E-state index is -4.91. The van der Waals surface area contributed by atoms with E-state index in [-0.39, 0.29) is 0 Å². The summed E-state index contributed by atoms with van der Waals surface area (Å²) < 4.78 is 75.5. The van der Waals surface area contributed by atoms with Crippen LogP contribution < -0.4 is 0 Å². The zero-order valence-corrected chi connectivity index (χ0v) is 8.44. The summed E-state index contributed by atoms with van der Waals surface area (Å²) in [5.74, 6) is -1.73. The fourth-order valence-corrected chi connectivity index (χ4v) is 0.926. The number of carbonyl (C=O) groups is 1. The molecule has 0 radical (unpaired) electrons. The SMILES string of the molecule is O=C(O)CC(OCCCC(F)(F)F)C(F)(F)F. The molecule has 0 bridgehead atoms. The van der Waals surface area contributed by atoms with Gasteiger partial charge in [-0.1, -0.05) is 0 Å². The molecule has 0 aliphatic heterocycles. The maximum atomic E-state index is 12.1. The van der Waals surface area contributed by atoms with Crippen LogP contribution in [0.4, 0.5) is 26.3 Å². The van der Waals surface area contributed by atoms with Gasteiger partial charge in [0.15, 0.2) is 6.10 Å². The summed E-state index contributed by atoms with van der Waals surface area (Å²) in [6.07, 6.45) is -15.2. The van der Waals surface area contributed by atoms with E-state index >= 15 is 0 Å². The van der Waals surface area contributed by atoms with E-state index in [0.29, 0.717) is 0 Å². The molecule has 0 rings (SSSR count). The van der Waals surface area contributed by atoms with E-state index in [0.717, 1.165) is 0 Å². The molecule has 0 fully saturated rings. The summed E-state index contributed by atoms with van der Waals surface area (Å²) in [6, 6.07) is 0. The lowest BCUT2D eigenvalue weighted by atomic mass is 10.2. The number of hydrogen-bond donors (Lipinski definition) is 1. The van der Waals surface area contributed by atoms with Gasteiger partial charge in [0.25, 0.3) is 0 Å². The molecule has 0 aliphatic rings. The third kappa shape index (κ3) is 8.78. The van der Waals surface area contributed by atoms with Gasteiger partial charge in [-0.2, -0.15) is 26.3 Å². The van der Waals surface area contributed by atoms with Gasteiger partial charge in [-0.3, -0.25) is 4.79 Å². The molecule has 0 aromatic rings. The van der Waals surface area contributed by atoms with Gasteiger partial charge in [-0.15, -0.1) is 0 Å². The van der Waals surface area contributed by atoms with Gasteiger partial charge in [0.05, 0.1) is 6.42 Å². The molecule has 0 aliphatic carbocycles. The Kier molecular flexibility index (Phi) is 5.73. The van der Waals surface area contributed by atoms with Crippen molar-refractivity contribution >= 4 is 5.97 Å². The highest BCUT2D eigenvalue weighted by molar-refractivity contribution is 5.67. The van der Waals surface area contributed by atoms with E-state index in [1.807, 2.05) is 0 Å². The number of aliphatic carboxylic acids is 1. The Morgan fingerprint density at radius 2 is 1.71 bits per heavy atom. The number of halogens is 6. The second kappa shape index (κ2) is 6.08. The number of carboxylic acids is 1. The monoisotopic (exact) mass is 268 g/mol. The van der Waals surface area contributed by atoms with Crippen LogP contribution in [0, 0.1) is 0 Å². The second-order valence-corrected chi connectivity index (χ2v) is 3.22. The van der Waals surface area contributed by atoms with Gasteiger partial charge in [-0.05, 0) is 6.42 Å². The topological polar surface area (TPSA) is 46.5 Å². The van der Waals surface area contributed by atoms with Crippen molar-refractivity contribution in [1.29, 1.82) is 0 Å². The molecule has 0 amide bonds. The average molecular weight is 268 g/mol. The molecule has 17 heavy (non-hydrogen) atoms. The third-order valence-corrected chi connectivity index (χ3v) is 1.65. The van der Waals surface area contributed by atoms with Crippen LogP contribution in [0.2, 0.25) is 0 Å². The first-order valence-electron chi connectivity index (χ1n) is 4.49. The quantitative estimate of drug-likeness (QED) is 0.595. The lowest BCUT2D eigenvalue weighted by Gasteiger charge is -2.19. The van der Waals surface area contributed by atoms with Crippen molar-refractivity contribution < 1.29 is 41.0 Å². The summed E-state index contributed by atoms with van der Waals surface area (Å²) in [6.45, 7) is -0.795. The third-order valence-electron chi connectivity index (χ3n) is 1.65. The molecule has 9 heteroatoms. The first-order valence-corrected chi connectivity index (χ1v) is 4.49. The van der Waals surface area contributed by atoms with Gasteiger partial charge in [0.2, 0.25) is 0 Å². The number of carboxylic acid groups (broad SMARTS) is 1. The van der Waals surface area contributed by atoms with Crippen molar-refractivity contribution in [3.05, 3.63) is 0 Å². The van der Waals surface area contributed by atoms with Crippen LogP contribution >= 0.6 is 0 Å². The number of ether oxygens (including phenoxy) is 1. The Hall–Kier alpha value is -0.990. The molecule has 0 heterocycles. The molecule has 3 nitrogen and oxygen atoms in total. The van der Waals surface area contributed by atoms with Gasteiger partial charge in [0.1, 0.15) is 0 Å². The number of hydrogen-bond acceptors (Lipinski definition) is 2. The molecule has 0 saturated heterocycles. The Balaban J connectivity index is 4.06. The standard InChI is InChI=1S/C8H10F6O3/c9-7(10,11)2-1-3-17-5(4-6(15)16)8(12,13)14/h5H,1-4H2,(H,15,16). The molecule has 0 saturated carbocycles. The van der Waals surface area contributed by atoms with Crippen LogP contribution in [0.5, 0.6) is 0 Å². The first-order chi connectivity index (χ1) is 7.52. The average Bonchev–Trinajstić information content (AvgIpc) is 2.06. The Labute approximate surface area is 92.4 Å². The molecule has 102 valence electrons. The lowest BCUT2D eigenvalue weighted by Crippen LogP contribution is -2.34. The van der Waals surface area contributed by atoms with Crippen LogP contribution in [-0.4, -0.2) is 36.1 Å². The molecule has 1 unspecified atom stereocenters. The van der Waals surface area contributed by atoms with E-state index < -0.39 is 50.3 Å². The van der Waals surface area contributed by atoms with Gasteiger partial charge in [0, 0.05) is 13.0 Å². The largest absolute Gasteiger partial charge is 0.481 e. The fourth-order valence-electron chi connectivity index (χ4n) is 0.926. The predicted octanol–water partition coefficient (Wildman–Crippen LogP) is 2.75. The van der Waals surface area contributed by atoms with Crippen molar-refractivity contribution in [2.75, 3.05) is 6.61 Å². The Morgan fingerprint density at radius 1 is 1.18 bits per heavy atom. The summed E-state index contributed by atoms with van der Waals surface area (Å²) in [7, 11) is 0. The van der Waals surface area contributed by atoms with E-state index in [2.05, 4.69) is 4.74 Å². The summed E-state index contributed by atoms with van der Waals surface area (Å²) in [4.78, 5) is 10.1. The van der Waals surface area contributed by atoms with E-state index in [4.69, 9.17) is 5.11 Å². The van der Waals surface area contributed by atoms with Crippen molar-refractivity contribution in [3.8, 4) is 0 Å². The van der Waals surface area contributed by atoms with Gasteiger partial charge in [-0.25, -0.2) is 0 Å². The van der Waals surface area contributed by atoms with Crippen LogP contribution in [0.15, 0.2) is 0 Å². The van der Waals surface area contributed by atoms with Crippen LogP contribution in [-0.2, 0) is 9.53 Å². The van der Waals surface area contributed by atoms with Crippen LogP contribution in [0.1, 0.15) is 19.3 Å². The second-order valence-electron chi connectivity index (χ2n) is 3.22. The Morgan fingerprint density at radius 3 is 2.06 bits per heavy atom. The van der Waals surface area contributed by atoms with Crippen LogP contribution in [0.3, 0.4) is 0 Å². The minimum absolute atomic E-state index is 0.643. The maximum Gasteiger partial charge on any atom is 0.415 e. The van der Waals surface area contributed by atoms with Crippen molar-refractivity contribution in [2.45, 2.75) is 37.7 Å². The zero-order valence-electron chi connectivity index (χ0n) is 8.44. The highest BCUT2D eigenvalue weighted by atomic mass is 19.4. The first kappa shape index (κ1) is 16.0. The fraction of sp³-hybridized carbons (Fsp3) is 0.875. The van der Waals surface area contributed by atoms with E-state index in [1.54, 1.807) is 0 Å². The molecule has 1 atom stereocenters. The van der Waals surface area contributed by atoms with Gasteiger partial charge < -0.3 is 9.84 Å². The molecule has 1 N–H and O–H groups in total. The number of rotatable bonds is 6. The van der Waals surface area contributed by atoms with Crippen molar-refractivity contribution in [1.82, 2.24) is 0 Å². The smallest absolute Gasteiger partial charge is 0.415 e. The van der Waals surface area contributed by atoms with E-state index in [1.165, 1.54) is 0 Å². The Bertz CT molecular complexity index is 247. The molecule has 0 aromatic heterocycles. The van der Waals surface area contributed by atoms with Crippen molar-refractivity contribution in [2.24, 2.45) is 0 Å². The van der Waals surface area contributed by atoms with Gasteiger partial charge >= 0.3 is 18.3 Å². The minimum Gasteiger partial charge on any atom is -0.481 e.